The van der Waals surface area contributed by atoms with Gasteiger partial charge in [0.15, 0.2) is 0 Å². The van der Waals surface area contributed by atoms with Crippen LogP contribution in [-0.4, -0.2) is 26.1 Å². The van der Waals surface area contributed by atoms with Gasteiger partial charge in [-0.25, -0.2) is 8.78 Å². The molecule has 1 aromatic heterocycles. The monoisotopic (exact) mass is 398 g/mol. The van der Waals surface area contributed by atoms with Gasteiger partial charge in [0.2, 0.25) is 4.80 Å². The molecule has 0 fully saturated rings. The lowest BCUT2D eigenvalue weighted by Gasteiger charge is -2.04. The number of halogens is 2. The molecule has 0 unspecified atom stereocenters. The topological polar surface area (TPSA) is 77.7 Å². The normalized spacial score (nSPS) is 12.5. The van der Waals surface area contributed by atoms with Crippen LogP contribution in [0.1, 0.15) is 0 Å². The van der Waals surface area contributed by atoms with E-state index in [0.717, 1.165) is 40.2 Å². The first kappa shape index (κ1) is 18.2. The molecule has 6 nitrogen and oxygen atoms in total. The third-order valence-electron chi connectivity index (χ3n) is 3.48. The summed E-state index contributed by atoms with van der Waals surface area (Å²) in [5.41, 5.74) is 0.0518. The maximum atomic E-state index is 14.2. The predicted octanol–water partition coefficient (Wildman–Crippen LogP) is 2.44. The minimum Gasteiger partial charge on any atom is -0.468 e. The molecule has 0 atom stereocenters. The summed E-state index contributed by atoms with van der Waals surface area (Å²) in [4.78, 5) is 11.3. The molecule has 0 saturated carbocycles. The Labute approximate surface area is 151 Å². The summed E-state index contributed by atoms with van der Waals surface area (Å²) in [6, 6.07) is 8.39. The van der Waals surface area contributed by atoms with Gasteiger partial charge < -0.3 is 9.30 Å². The van der Waals surface area contributed by atoms with E-state index in [4.69, 9.17) is 0 Å². The summed E-state index contributed by atoms with van der Waals surface area (Å²) in [7, 11) is -3.02. The number of rotatable bonds is 4. The lowest BCUT2D eigenvalue weighted by Crippen LogP contribution is -2.23. The molecule has 26 heavy (non-hydrogen) atoms. The molecule has 0 saturated heterocycles. The van der Waals surface area contributed by atoms with Crippen molar-refractivity contribution in [3.63, 3.8) is 0 Å². The molecule has 0 spiro atoms. The molecular formula is C16H12F2N2O4S2. The van der Waals surface area contributed by atoms with Gasteiger partial charge >= 0.3 is 5.97 Å². The summed E-state index contributed by atoms with van der Waals surface area (Å²) >= 11 is 0.911. The molecule has 0 amide bonds. The number of aromatic nitrogens is 1. The van der Waals surface area contributed by atoms with Crippen LogP contribution in [0.25, 0.3) is 10.2 Å². The number of ether oxygens (including phenoxy) is 1. The summed E-state index contributed by atoms with van der Waals surface area (Å²) in [5.74, 6) is -1.90. The molecule has 0 bridgehead atoms. The molecular weight excluding hydrogens is 386 g/mol. The number of para-hydroxylation sites is 1. The lowest BCUT2D eigenvalue weighted by atomic mass is 10.3. The van der Waals surface area contributed by atoms with Crippen molar-refractivity contribution in [2.24, 2.45) is 4.40 Å². The third kappa shape index (κ3) is 3.51. The molecule has 1 heterocycles. The fourth-order valence-electron chi connectivity index (χ4n) is 2.26. The van der Waals surface area contributed by atoms with Crippen LogP contribution in [-0.2, 0) is 26.1 Å². The summed E-state index contributed by atoms with van der Waals surface area (Å²) in [6.07, 6.45) is 0. The average molecular weight is 398 g/mol. The fourth-order valence-corrected chi connectivity index (χ4v) is 4.51. The molecule has 3 aromatic rings. The first-order valence-corrected chi connectivity index (χ1v) is 9.49. The summed E-state index contributed by atoms with van der Waals surface area (Å²) in [6.45, 7) is -0.408. The molecule has 0 aliphatic heterocycles. The van der Waals surface area contributed by atoms with Crippen LogP contribution >= 0.6 is 11.3 Å². The maximum absolute atomic E-state index is 14.2. The van der Waals surface area contributed by atoms with Gasteiger partial charge in [0.05, 0.1) is 22.2 Å². The molecule has 0 aliphatic rings. The van der Waals surface area contributed by atoms with Gasteiger partial charge in [-0.2, -0.15) is 8.42 Å². The van der Waals surface area contributed by atoms with E-state index in [1.54, 1.807) is 6.07 Å². The Morgan fingerprint density at radius 3 is 2.54 bits per heavy atom. The Morgan fingerprint density at radius 2 is 1.88 bits per heavy atom. The highest BCUT2D eigenvalue weighted by Crippen LogP contribution is 2.21. The van der Waals surface area contributed by atoms with Crippen LogP contribution in [0.3, 0.4) is 0 Å². The number of carbonyl (C=O) groups is 1. The van der Waals surface area contributed by atoms with Gasteiger partial charge in [0.1, 0.15) is 18.2 Å². The molecule has 3 rings (SSSR count). The second-order valence-corrected chi connectivity index (χ2v) is 7.77. The van der Waals surface area contributed by atoms with E-state index >= 15 is 0 Å². The van der Waals surface area contributed by atoms with Crippen molar-refractivity contribution >= 4 is 37.5 Å². The number of fused-ring (bicyclic) bond motifs is 1. The van der Waals surface area contributed by atoms with E-state index in [-0.39, 0.29) is 15.2 Å². The number of sulfonamides is 1. The molecule has 0 radical (unpaired) electrons. The van der Waals surface area contributed by atoms with Gasteiger partial charge in [-0.3, -0.25) is 4.79 Å². The van der Waals surface area contributed by atoms with Gasteiger partial charge in [-0.05, 0) is 36.4 Å². The Hall–Kier alpha value is -2.59. The van der Waals surface area contributed by atoms with Crippen LogP contribution in [0.5, 0.6) is 0 Å². The highest BCUT2D eigenvalue weighted by molar-refractivity contribution is 7.90. The van der Waals surface area contributed by atoms with Crippen molar-refractivity contribution in [1.29, 1.82) is 0 Å². The second-order valence-electron chi connectivity index (χ2n) is 5.15. The molecule has 136 valence electrons. The minimum atomic E-state index is -4.18. The van der Waals surface area contributed by atoms with Crippen molar-refractivity contribution < 1.29 is 26.7 Å². The average Bonchev–Trinajstić information content (AvgIpc) is 2.93. The summed E-state index contributed by atoms with van der Waals surface area (Å²) < 4.78 is 62.0. The number of thiazole rings is 1. The van der Waals surface area contributed by atoms with Gasteiger partial charge in [-0.1, -0.05) is 17.4 Å². The van der Waals surface area contributed by atoms with Crippen molar-refractivity contribution in [3.05, 3.63) is 58.9 Å². The molecule has 0 N–H and O–H groups in total. The second kappa shape index (κ2) is 6.96. The first-order valence-electron chi connectivity index (χ1n) is 7.23. The van der Waals surface area contributed by atoms with E-state index in [1.165, 1.54) is 19.2 Å². The van der Waals surface area contributed by atoms with E-state index in [1.807, 2.05) is 0 Å². The van der Waals surface area contributed by atoms with Crippen LogP contribution in [0.4, 0.5) is 8.78 Å². The largest absolute Gasteiger partial charge is 0.468 e. The van der Waals surface area contributed by atoms with E-state index in [0.29, 0.717) is 4.70 Å². The highest BCUT2D eigenvalue weighted by Gasteiger charge is 2.18. The van der Waals surface area contributed by atoms with Crippen LogP contribution < -0.4 is 4.80 Å². The SMILES string of the molecule is COC(=O)Cn1c(=NS(=O)(=O)c2ccc(F)cc2)sc2cccc(F)c21. The zero-order valence-corrected chi connectivity index (χ0v) is 15.0. The first-order chi connectivity index (χ1) is 12.3. The Kier molecular flexibility index (Phi) is 4.88. The van der Waals surface area contributed by atoms with Gasteiger partial charge in [0.25, 0.3) is 10.0 Å². The zero-order chi connectivity index (χ0) is 18.9. The number of carbonyl (C=O) groups excluding carboxylic acids is 1. The fraction of sp³-hybridized carbons (Fsp3) is 0.125. The Morgan fingerprint density at radius 1 is 1.19 bits per heavy atom. The van der Waals surface area contributed by atoms with Crippen molar-refractivity contribution in [3.8, 4) is 0 Å². The minimum absolute atomic E-state index is 0.0518. The van der Waals surface area contributed by atoms with Gasteiger partial charge in [0, 0.05) is 0 Å². The van der Waals surface area contributed by atoms with Crippen LogP contribution in [0, 0.1) is 11.6 Å². The number of methoxy groups -OCH3 is 1. The number of nitrogens with zero attached hydrogens (tertiary/aromatic N) is 2. The molecule has 2 aromatic carbocycles. The maximum Gasteiger partial charge on any atom is 0.325 e. The van der Waals surface area contributed by atoms with Crippen molar-refractivity contribution in [2.75, 3.05) is 7.11 Å². The van der Waals surface area contributed by atoms with Crippen LogP contribution in [0.15, 0.2) is 51.8 Å². The number of benzene rings is 2. The van der Waals surface area contributed by atoms with Crippen molar-refractivity contribution in [1.82, 2.24) is 4.57 Å². The Bertz CT molecular complexity index is 1150. The van der Waals surface area contributed by atoms with Crippen LogP contribution in [0.2, 0.25) is 0 Å². The lowest BCUT2D eigenvalue weighted by molar-refractivity contribution is -0.141. The molecule has 10 heteroatoms. The smallest absolute Gasteiger partial charge is 0.325 e. The molecule has 0 aliphatic carbocycles. The highest BCUT2D eigenvalue weighted by atomic mass is 32.2. The van der Waals surface area contributed by atoms with E-state index in [2.05, 4.69) is 9.13 Å². The van der Waals surface area contributed by atoms with E-state index < -0.39 is 34.2 Å². The standard InChI is InChI=1S/C16H12F2N2O4S2/c1-24-14(21)9-20-15-12(18)3-2-4-13(15)25-16(20)19-26(22,23)11-7-5-10(17)6-8-11/h2-8H,9H2,1H3. The quantitative estimate of drug-likeness (QED) is 0.633. The predicted molar refractivity (Wildman–Crippen MR) is 90.9 cm³/mol. The number of esters is 1. The third-order valence-corrected chi connectivity index (χ3v) is 5.92. The van der Waals surface area contributed by atoms with E-state index in [9.17, 15) is 22.0 Å². The van der Waals surface area contributed by atoms with Crippen molar-refractivity contribution in [2.45, 2.75) is 11.4 Å². The van der Waals surface area contributed by atoms with Gasteiger partial charge in [-0.15, -0.1) is 4.40 Å². The Balaban J connectivity index is 2.24. The zero-order valence-electron chi connectivity index (χ0n) is 13.3. The number of hydrogen-bond donors (Lipinski definition) is 0. The number of hydrogen-bond acceptors (Lipinski definition) is 5. The summed E-state index contributed by atoms with van der Waals surface area (Å²) in [5, 5.41) is 0.